The van der Waals surface area contributed by atoms with E-state index in [1.54, 1.807) is 13.1 Å². The highest BCUT2D eigenvalue weighted by atomic mass is 35.5. The number of halogens is 1. The molecule has 0 spiro atoms. The van der Waals surface area contributed by atoms with Crippen molar-refractivity contribution in [2.24, 2.45) is 5.92 Å². The summed E-state index contributed by atoms with van der Waals surface area (Å²) < 4.78 is 2.47. The van der Waals surface area contributed by atoms with Crippen molar-refractivity contribution in [3.8, 4) is 0 Å². The number of carbonyl (C=O) groups is 2. The van der Waals surface area contributed by atoms with Crippen molar-refractivity contribution in [3.63, 3.8) is 0 Å². The van der Waals surface area contributed by atoms with Crippen molar-refractivity contribution in [2.75, 3.05) is 12.3 Å². The zero-order valence-corrected chi connectivity index (χ0v) is 21.2. The standard InChI is InChI=1S/C24H27ClN6O3S/c1-12(2)6-16(11-32)29-23(34)20-13(3)28-21-17(8-15(25)10-31(20)21)22(33)27-9-14-4-5-18-19(7-14)35-24(26)30-18/h4-5,7-8,10,12,16,32H,6,9,11H2,1-3H3,(H2,26,30)(H,27,33)(H,29,34)/t16-/m0/s1. The molecule has 184 valence electrons. The second-order valence-electron chi connectivity index (χ2n) is 8.83. The minimum absolute atomic E-state index is 0.173. The normalized spacial score (nSPS) is 12.4. The third-order valence-corrected chi connectivity index (χ3v) is 6.61. The molecular weight excluding hydrogens is 488 g/mol. The number of carbonyl (C=O) groups excluding carboxylic acids is 2. The van der Waals surface area contributed by atoms with Crippen LogP contribution in [0.2, 0.25) is 5.02 Å². The van der Waals surface area contributed by atoms with Gasteiger partial charge in [-0.25, -0.2) is 9.97 Å². The Labute approximate surface area is 211 Å². The van der Waals surface area contributed by atoms with Gasteiger partial charge in [-0.2, -0.15) is 0 Å². The van der Waals surface area contributed by atoms with Gasteiger partial charge in [0.25, 0.3) is 11.8 Å². The number of amides is 2. The Hall–Kier alpha value is -3.21. The smallest absolute Gasteiger partial charge is 0.270 e. The number of thiazole rings is 1. The van der Waals surface area contributed by atoms with Gasteiger partial charge in [0.2, 0.25) is 0 Å². The Bertz CT molecular complexity index is 1410. The zero-order valence-electron chi connectivity index (χ0n) is 19.6. The summed E-state index contributed by atoms with van der Waals surface area (Å²) in [5.74, 6) is -0.457. The quantitative estimate of drug-likeness (QED) is 0.284. The van der Waals surface area contributed by atoms with E-state index in [9.17, 15) is 14.7 Å². The van der Waals surface area contributed by atoms with Gasteiger partial charge in [-0.15, -0.1) is 0 Å². The topological polar surface area (TPSA) is 135 Å². The third kappa shape index (κ3) is 5.39. The van der Waals surface area contributed by atoms with Crippen molar-refractivity contribution in [1.82, 2.24) is 25.0 Å². The molecular formula is C24H27ClN6O3S. The maximum absolute atomic E-state index is 13.1. The number of aromatic nitrogens is 3. The van der Waals surface area contributed by atoms with E-state index >= 15 is 0 Å². The molecule has 0 fully saturated rings. The molecule has 3 aromatic heterocycles. The number of aryl methyl sites for hydroxylation is 1. The van der Waals surface area contributed by atoms with Crippen molar-refractivity contribution < 1.29 is 14.7 Å². The predicted octanol–water partition coefficient (Wildman–Crippen LogP) is 3.55. The van der Waals surface area contributed by atoms with E-state index < -0.39 is 0 Å². The molecule has 9 nitrogen and oxygen atoms in total. The van der Waals surface area contributed by atoms with Gasteiger partial charge in [0.05, 0.1) is 39.1 Å². The van der Waals surface area contributed by atoms with Crippen LogP contribution in [0.25, 0.3) is 15.9 Å². The lowest BCUT2D eigenvalue weighted by atomic mass is 10.0. The Morgan fingerprint density at radius 3 is 2.71 bits per heavy atom. The molecule has 4 rings (SSSR count). The number of nitrogen functional groups attached to an aromatic ring is 1. The van der Waals surface area contributed by atoms with Crippen LogP contribution >= 0.6 is 22.9 Å². The first kappa shape index (κ1) is 24.9. The fraction of sp³-hybridized carbons (Fsp3) is 0.333. The van der Waals surface area contributed by atoms with Crippen LogP contribution in [-0.4, -0.2) is 43.9 Å². The monoisotopic (exact) mass is 514 g/mol. The van der Waals surface area contributed by atoms with Crippen molar-refractivity contribution in [1.29, 1.82) is 0 Å². The average Bonchev–Trinajstić information content (AvgIpc) is 3.33. The summed E-state index contributed by atoms with van der Waals surface area (Å²) in [5, 5.41) is 16.2. The predicted molar refractivity (Wildman–Crippen MR) is 138 cm³/mol. The van der Waals surface area contributed by atoms with Gasteiger partial charge in [0.15, 0.2) is 10.8 Å². The maximum Gasteiger partial charge on any atom is 0.270 e. The van der Waals surface area contributed by atoms with Gasteiger partial charge < -0.3 is 21.5 Å². The lowest BCUT2D eigenvalue weighted by Crippen LogP contribution is -2.39. The molecule has 35 heavy (non-hydrogen) atoms. The molecule has 0 saturated heterocycles. The second-order valence-corrected chi connectivity index (χ2v) is 10.3. The van der Waals surface area contributed by atoms with Crippen LogP contribution < -0.4 is 16.4 Å². The molecule has 2 amide bonds. The molecule has 0 aliphatic heterocycles. The number of anilines is 1. The maximum atomic E-state index is 13.1. The first-order valence-electron chi connectivity index (χ1n) is 11.2. The number of fused-ring (bicyclic) bond motifs is 2. The van der Waals surface area contributed by atoms with Crippen molar-refractivity contribution in [3.05, 3.63) is 58.0 Å². The van der Waals surface area contributed by atoms with E-state index in [0.717, 1.165) is 15.8 Å². The van der Waals surface area contributed by atoms with Crippen molar-refractivity contribution in [2.45, 2.75) is 39.8 Å². The van der Waals surface area contributed by atoms with E-state index in [1.807, 2.05) is 32.0 Å². The summed E-state index contributed by atoms with van der Waals surface area (Å²) in [6.45, 7) is 5.84. The number of nitrogens with two attached hydrogens (primary N) is 1. The van der Waals surface area contributed by atoms with Crippen LogP contribution in [0.5, 0.6) is 0 Å². The van der Waals surface area contributed by atoms with E-state index in [1.165, 1.54) is 21.8 Å². The Balaban J connectivity index is 1.59. The molecule has 0 aliphatic carbocycles. The number of rotatable bonds is 8. The van der Waals surface area contributed by atoms with Gasteiger partial charge in [0.1, 0.15) is 5.69 Å². The second kappa shape index (κ2) is 10.2. The largest absolute Gasteiger partial charge is 0.394 e. The molecule has 0 radical (unpaired) electrons. The van der Waals surface area contributed by atoms with Crippen LogP contribution in [0.4, 0.5) is 5.13 Å². The van der Waals surface area contributed by atoms with Gasteiger partial charge in [0, 0.05) is 12.7 Å². The number of imidazole rings is 1. The molecule has 0 saturated carbocycles. The number of hydrogen-bond donors (Lipinski definition) is 4. The number of pyridine rings is 1. The number of aliphatic hydroxyl groups excluding tert-OH is 1. The summed E-state index contributed by atoms with van der Waals surface area (Å²) >= 11 is 7.71. The molecule has 1 atom stereocenters. The highest BCUT2D eigenvalue weighted by molar-refractivity contribution is 7.22. The van der Waals surface area contributed by atoms with Crippen LogP contribution in [0, 0.1) is 12.8 Å². The number of hydrogen-bond acceptors (Lipinski definition) is 7. The first-order chi connectivity index (χ1) is 16.7. The molecule has 0 aliphatic rings. The summed E-state index contributed by atoms with van der Waals surface area (Å²) in [7, 11) is 0. The fourth-order valence-corrected chi connectivity index (χ4v) is 5.05. The number of aliphatic hydroxyl groups is 1. The number of nitrogens with zero attached hydrogens (tertiary/aromatic N) is 3. The molecule has 1 aromatic carbocycles. The molecule has 3 heterocycles. The fourth-order valence-electron chi connectivity index (χ4n) is 4.04. The van der Waals surface area contributed by atoms with Crippen LogP contribution in [0.15, 0.2) is 30.5 Å². The van der Waals surface area contributed by atoms with Crippen LogP contribution in [0.1, 0.15) is 52.4 Å². The Kier molecular flexibility index (Phi) is 7.25. The summed E-state index contributed by atoms with van der Waals surface area (Å²) in [5.41, 5.74) is 8.78. The van der Waals surface area contributed by atoms with Gasteiger partial charge in [-0.05, 0) is 43.0 Å². The minimum atomic E-state index is -0.388. The van der Waals surface area contributed by atoms with E-state index in [4.69, 9.17) is 17.3 Å². The van der Waals surface area contributed by atoms with E-state index in [-0.39, 0.29) is 47.3 Å². The molecule has 11 heteroatoms. The highest BCUT2D eigenvalue weighted by Gasteiger charge is 2.23. The lowest BCUT2D eigenvalue weighted by Gasteiger charge is -2.18. The molecule has 5 N–H and O–H groups in total. The molecule has 0 bridgehead atoms. The van der Waals surface area contributed by atoms with Crippen molar-refractivity contribution >= 4 is 55.7 Å². The number of benzene rings is 1. The lowest BCUT2D eigenvalue weighted by molar-refractivity contribution is 0.0899. The van der Waals surface area contributed by atoms with Gasteiger partial charge in [-0.1, -0.05) is 42.9 Å². The molecule has 4 aromatic rings. The Morgan fingerprint density at radius 2 is 2.00 bits per heavy atom. The van der Waals surface area contributed by atoms with E-state index in [2.05, 4.69) is 20.6 Å². The zero-order chi connectivity index (χ0) is 25.3. The summed E-state index contributed by atoms with van der Waals surface area (Å²) in [4.78, 5) is 34.9. The first-order valence-corrected chi connectivity index (χ1v) is 12.4. The van der Waals surface area contributed by atoms with E-state index in [0.29, 0.717) is 28.8 Å². The van der Waals surface area contributed by atoms with Crippen LogP contribution in [0.3, 0.4) is 0 Å². The minimum Gasteiger partial charge on any atom is -0.394 e. The average molecular weight is 515 g/mol. The summed E-state index contributed by atoms with van der Waals surface area (Å²) in [6.07, 6.45) is 2.19. The highest BCUT2D eigenvalue weighted by Crippen LogP contribution is 2.25. The Morgan fingerprint density at radius 1 is 1.23 bits per heavy atom. The number of nitrogens with one attached hydrogen (secondary N) is 2. The molecule has 0 unspecified atom stereocenters. The van der Waals surface area contributed by atoms with Gasteiger partial charge in [-0.3, -0.25) is 14.0 Å². The third-order valence-electron chi connectivity index (χ3n) is 5.55. The van der Waals surface area contributed by atoms with Gasteiger partial charge >= 0.3 is 0 Å². The SMILES string of the molecule is Cc1nc2c(C(=O)NCc3ccc4nc(N)sc4c3)cc(Cl)cn2c1C(=O)N[C@H](CO)CC(C)C. The van der Waals surface area contributed by atoms with Crippen LogP contribution in [-0.2, 0) is 6.54 Å². The summed E-state index contributed by atoms with van der Waals surface area (Å²) in [6, 6.07) is 6.83.